The Labute approximate surface area is 61.2 Å². The number of hydrogen-bond acceptors (Lipinski definition) is 0. The van der Waals surface area contributed by atoms with Crippen LogP contribution in [0.1, 0.15) is 20.8 Å². The quantitative estimate of drug-likeness (QED) is 0.536. The van der Waals surface area contributed by atoms with Gasteiger partial charge in [-0.25, -0.2) is 0 Å². The Morgan fingerprint density at radius 3 is 1.75 bits per heavy atom. The zero-order valence-corrected chi connectivity index (χ0v) is 6.92. The van der Waals surface area contributed by atoms with Crippen molar-refractivity contribution < 1.29 is 0 Å². The molecule has 0 bridgehead atoms. The summed E-state index contributed by atoms with van der Waals surface area (Å²) in [6, 6.07) is 0. The van der Waals surface area contributed by atoms with E-state index in [0.29, 0.717) is 0 Å². The van der Waals surface area contributed by atoms with Crippen molar-refractivity contribution in [2.24, 2.45) is 5.92 Å². The zero-order valence-electron chi connectivity index (χ0n) is 5.41. The Balaban J connectivity index is 3.71. The molecule has 0 aromatic rings. The summed E-state index contributed by atoms with van der Waals surface area (Å²) >= 11 is 11.5. The Morgan fingerprint density at radius 2 is 1.75 bits per heavy atom. The third-order valence-electron chi connectivity index (χ3n) is 1.15. The van der Waals surface area contributed by atoms with Gasteiger partial charge in [0, 0.05) is 0 Å². The van der Waals surface area contributed by atoms with Gasteiger partial charge in [-0.2, -0.15) is 0 Å². The van der Waals surface area contributed by atoms with Crippen LogP contribution in [0.25, 0.3) is 0 Å². The monoisotopic (exact) mass is 153 g/mol. The number of rotatable bonds is 2. The molecule has 0 aromatic heterocycles. The minimum Gasteiger partial charge on any atom is -0.101 e. The molecule has 8 heavy (non-hydrogen) atoms. The van der Waals surface area contributed by atoms with E-state index in [1.807, 2.05) is 20.8 Å². The van der Waals surface area contributed by atoms with Crippen molar-refractivity contribution in [2.45, 2.75) is 25.1 Å². The maximum atomic E-state index is 5.77. The largest absolute Gasteiger partial charge is 0.123 e. The molecule has 2 heteroatoms. The molecule has 0 amide bonds. The first-order valence-corrected chi connectivity index (χ1v) is 3.44. The lowest BCUT2D eigenvalue weighted by Crippen LogP contribution is -2.19. The molecule has 0 aromatic carbocycles. The maximum Gasteiger partial charge on any atom is 0.123 e. The van der Waals surface area contributed by atoms with Crippen LogP contribution in [0.5, 0.6) is 0 Å². The highest BCUT2D eigenvalue weighted by atomic mass is 35.5. The molecule has 49 valence electrons. The molecule has 0 fully saturated rings. The summed E-state index contributed by atoms with van der Waals surface area (Å²) in [4.78, 5) is 0. The number of halogens is 2. The average molecular weight is 154 g/mol. The maximum absolute atomic E-state index is 5.77. The lowest BCUT2D eigenvalue weighted by molar-refractivity contribution is 0.601. The summed E-state index contributed by atoms with van der Waals surface area (Å²) in [5, 5.41) is 0. The summed E-state index contributed by atoms with van der Waals surface area (Å²) in [6.45, 7) is 5.83. The molecule has 0 aliphatic carbocycles. The fraction of sp³-hybridized carbons (Fsp3) is 0.833. The van der Waals surface area contributed by atoms with Crippen LogP contribution < -0.4 is 0 Å². The normalized spacial score (nSPS) is 12.8. The number of hydrogen-bond donors (Lipinski definition) is 0. The van der Waals surface area contributed by atoms with Crippen LogP contribution in [0, 0.1) is 12.3 Å². The molecular formula is C6H11Cl2. The molecule has 0 atom stereocenters. The van der Waals surface area contributed by atoms with Crippen LogP contribution in [0.2, 0.25) is 0 Å². The van der Waals surface area contributed by atoms with Gasteiger partial charge < -0.3 is 0 Å². The van der Waals surface area contributed by atoms with Crippen LogP contribution >= 0.6 is 23.2 Å². The molecule has 0 nitrogen and oxygen atoms in total. The molecule has 0 heterocycles. The van der Waals surface area contributed by atoms with E-state index >= 15 is 0 Å². The van der Waals surface area contributed by atoms with E-state index in [0.717, 1.165) is 0 Å². The van der Waals surface area contributed by atoms with Crippen molar-refractivity contribution in [3.05, 3.63) is 6.42 Å². The minimum absolute atomic E-state index is 0.288. The second-order valence-electron chi connectivity index (χ2n) is 2.12. The molecule has 0 aliphatic rings. The lowest BCUT2D eigenvalue weighted by Gasteiger charge is -2.20. The van der Waals surface area contributed by atoms with Crippen LogP contribution in [0.3, 0.4) is 0 Å². The van der Waals surface area contributed by atoms with Gasteiger partial charge >= 0.3 is 0 Å². The average Bonchev–Trinajstić information content (AvgIpc) is 1.67. The summed E-state index contributed by atoms with van der Waals surface area (Å²) in [5.74, 6) is 0.288. The second-order valence-corrected chi connectivity index (χ2v) is 3.56. The predicted octanol–water partition coefficient (Wildman–Crippen LogP) is 3.04. The zero-order chi connectivity index (χ0) is 6.78. The van der Waals surface area contributed by atoms with Crippen LogP contribution in [-0.4, -0.2) is 4.33 Å². The van der Waals surface area contributed by atoms with Crippen molar-refractivity contribution in [2.75, 3.05) is 0 Å². The Kier molecular flexibility index (Phi) is 3.14. The first kappa shape index (κ1) is 8.58. The van der Waals surface area contributed by atoms with Gasteiger partial charge in [0.15, 0.2) is 0 Å². The summed E-state index contributed by atoms with van der Waals surface area (Å²) in [7, 11) is 0. The number of alkyl halides is 2. The second kappa shape index (κ2) is 2.93. The van der Waals surface area contributed by atoms with E-state index in [1.54, 1.807) is 6.42 Å². The van der Waals surface area contributed by atoms with Crippen LogP contribution in [0.4, 0.5) is 0 Å². The molecule has 0 unspecified atom stereocenters. The van der Waals surface area contributed by atoms with Gasteiger partial charge in [-0.1, -0.05) is 20.8 Å². The van der Waals surface area contributed by atoms with E-state index < -0.39 is 4.33 Å². The van der Waals surface area contributed by atoms with Gasteiger partial charge in [0.05, 0.1) is 0 Å². The molecular weight excluding hydrogens is 143 g/mol. The standard InChI is InChI=1S/C6H11Cl2/c1-4-6(7,8)5(2)3/h4-5H,1-3H3. The highest BCUT2D eigenvalue weighted by molar-refractivity contribution is 6.49. The SMILES string of the molecule is C[CH]C(Cl)(Cl)C(C)C. The van der Waals surface area contributed by atoms with Crippen molar-refractivity contribution in [3.8, 4) is 0 Å². The lowest BCUT2D eigenvalue weighted by atomic mass is 10.1. The third kappa shape index (κ3) is 2.23. The van der Waals surface area contributed by atoms with Crippen molar-refractivity contribution >= 4 is 23.2 Å². The molecule has 0 spiro atoms. The highest BCUT2D eigenvalue weighted by Gasteiger charge is 2.25. The van der Waals surface area contributed by atoms with Crippen molar-refractivity contribution in [1.29, 1.82) is 0 Å². The Hall–Kier alpha value is 0.580. The van der Waals surface area contributed by atoms with Gasteiger partial charge in [0.2, 0.25) is 0 Å². The molecule has 0 aliphatic heterocycles. The van der Waals surface area contributed by atoms with Gasteiger partial charge in [-0.05, 0) is 12.3 Å². The van der Waals surface area contributed by atoms with Crippen LogP contribution in [-0.2, 0) is 0 Å². The fourth-order valence-electron chi connectivity index (χ4n) is 0.333. The van der Waals surface area contributed by atoms with E-state index in [4.69, 9.17) is 23.2 Å². The molecule has 0 rings (SSSR count). The van der Waals surface area contributed by atoms with Gasteiger partial charge in [0.25, 0.3) is 0 Å². The third-order valence-corrected chi connectivity index (χ3v) is 2.46. The summed E-state index contributed by atoms with van der Waals surface area (Å²) in [6.07, 6.45) is 1.79. The van der Waals surface area contributed by atoms with E-state index in [2.05, 4.69) is 0 Å². The fourth-order valence-corrected chi connectivity index (χ4v) is 0.333. The van der Waals surface area contributed by atoms with E-state index in [9.17, 15) is 0 Å². The van der Waals surface area contributed by atoms with E-state index in [-0.39, 0.29) is 5.92 Å². The Morgan fingerprint density at radius 1 is 1.38 bits per heavy atom. The minimum atomic E-state index is -0.639. The smallest absolute Gasteiger partial charge is 0.101 e. The van der Waals surface area contributed by atoms with Gasteiger partial charge in [-0.3, -0.25) is 0 Å². The van der Waals surface area contributed by atoms with Gasteiger partial charge in [0.1, 0.15) is 4.33 Å². The predicted molar refractivity (Wildman–Crippen MR) is 39.2 cm³/mol. The molecule has 0 saturated carbocycles. The van der Waals surface area contributed by atoms with E-state index in [1.165, 1.54) is 0 Å². The topological polar surface area (TPSA) is 0 Å². The van der Waals surface area contributed by atoms with Crippen molar-refractivity contribution in [3.63, 3.8) is 0 Å². The summed E-state index contributed by atoms with van der Waals surface area (Å²) < 4.78 is -0.639. The molecule has 1 radical (unpaired) electrons. The van der Waals surface area contributed by atoms with Crippen molar-refractivity contribution in [1.82, 2.24) is 0 Å². The molecule has 0 N–H and O–H groups in total. The highest BCUT2D eigenvalue weighted by Crippen LogP contribution is 2.32. The first-order valence-electron chi connectivity index (χ1n) is 2.69. The molecule has 0 saturated heterocycles. The first-order chi connectivity index (χ1) is 3.50. The van der Waals surface area contributed by atoms with Crippen LogP contribution in [0.15, 0.2) is 0 Å². The summed E-state index contributed by atoms with van der Waals surface area (Å²) in [5.41, 5.74) is 0. The Bertz CT molecular complexity index is 66.9. The van der Waals surface area contributed by atoms with Gasteiger partial charge in [-0.15, -0.1) is 23.2 Å².